The van der Waals surface area contributed by atoms with E-state index in [0.29, 0.717) is 0 Å². The predicted molar refractivity (Wildman–Crippen MR) is 58.9 cm³/mol. The van der Waals surface area contributed by atoms with Crippen LogP contribution >= 0.6 is 0 Å². The fraction of sp³-hybridized carbons (Fsp3) is 0.667. The lowest BCUT2D eigenvalue weighted by molar-refractivity contribution is 0.0881. The van der Waals surface area contributed by atoms with Crippen LogP contribution in [0.1, 0.15) is 48.4 Å². The van der Waals surface area contributed by atoms with Gasteiger partial charge in [0, 0.05) is 13.0 Å². The number of aryl methyl sites for hydroxylation is 1. The highest BCUT2D eigenvalue weighted by molar-refractivity contribution is 5.96. The second kappa shape index (κ2) is 4.17. The number of carbonyl (C=O) groups is 1. The highest BCUT2D eigenvalue weighted by Gasteiger charge is 2.24. The predicted octanol–water partition coefficient (Wildman–Crippen LogP) is 2.49. The van der Waals surface area contributed by atoms with E-state index < -0.39 is 0 Å². The summed E-state index contributed by atoms with van der Waals surface area (Å²) < 4.78 is 1.90. The van der Waals surface area contributed by atoms with Crippen LogP contribution in [0.2, 0.25) is 0 Å². The number of imidazole rings is 1. The van der Waals surface area contributed by atoms with E-state index in [1.807, 2.05) is 18.5 Å². The van der Waals surface area contributed by atoms with Gasteiger partial charge in [0.05, 0.1) is 6.20 Å². The molecule has 0 N–H and O–H groups in total. The molecule has 1 aliphatic carbocycles. The first-order valence-electron chi connectivity index (χ1n) is 5.72. The summed E-state index contributed by atoms with van der Waals surface area (Å²) in [6.45, 7) is 1.93. The average molecular weight is 206 g/mol. The van der Waals surface area contributed by atoms with E-state index in [-0.39, 0.29) is 11.7 Å². The zero-order valence-corrected chi connectivity index (χ0v) is 9.49. The molecule has 0 atom stereocenters. The lowest BCUT2D eigenvalue weighted by atomic mass is 9.85. The van der Waals surface area contributed by atoms with Gasteiger partial charge in [-0.15, -0.1) is 0 Å². The smallest absolute Gasteiger partial charge is 0.183 e. The van der Waals surface area contributed by atoms with Gasteiger partial charge in [0.1, 0.15) is 11.5 Å². The van der Waals surface area contributed by atoms with Gasteiger partial charge in [-0.05, 0) is 19.8 Å². The number of hydrogen-bond acceptors (Lipinski definition) is 2. The second-order valence-electron chi connectivity index (χ2n) is 4.45. The Morgan fingerprint density at radius 3 is 2.60 bits per heavy atom. The highest BCUT2D eigenvalue weighted by Crippen LogP contribution is 2.26. The van der Waals surface area contributed by atoms with Crippen molar-refractivity contribution in [3.63, 3.8) is 0 Å². The topological polar surface area (TPSA) is 34.9 Å². The zero-order chi connectivity index (χ0) is 10.8. The Hall–Kier alpha value is -1.12. The van der Waals surface area contributed by atoms with Crippen LogP contribution in [0.15, 0.2) is 6.20 Å². The molecule has 0 amide bonds. The molecule has 1 aromatic heterocycles. The van der Waals surface area contributed by atoms with Gasteiger partial charge in [0.15, 0.2) is 5.78 Å². The van der Waals surface area contributed by atoms with E-state index in [9.17, 15) is 4.79 Å². The Kier molecular flexibility index (Phi) is 2.89. The van der Waals surface area contributed by atoms with E-state index in [4.69, 9.17) is 0 Å². The van der Waals surface area contributed by atoms with Crippen molar-refractivity contribution in [2.75, 3.05) is 0 Å². The summed E-state index contributed by atoms with van der Waals surface area (Å²) in [4.78, 5) is 16.3. The van der Waals surface area contributed by atoms with Crippen LogP contribution in [0.25, 0.3) is 0 Å². The third-order valence-electron chi connectivity index (χ3n) is 3.45. The summed E-state index contributed by atoms with van der Waals surface area (Å²) in [6.07, 6.45) is 7.52. The van der Waals surface area contributed by atoms with Gasteiger partial charge in [0.25, 0.3) is 0 Å². The lowest BCUT2D eigenvalue weighted by Gasteiger charge is -2.20. The third kappa shape index (κ3) is 1.96. The maximum Gasteiger partial charge on any atom is 0.183 e. The van der Waals surface area contributed by atoms with Crippen molar-refractivity contribution < 1.29 is 4.79 Å². The minimum absolute atomic E-state index is 0.244. The minimum Gasteiger partial charge on any atom is -0.329 e. The van der Waals surface area contributed by atoms with Gasteiger partial charge in [-0.1, -0.05) is 19.3 Å². The van der Waals surface area contributed by atoms with E-state index >= 15 is 0 Å². The normalized spacial score (nSPS) is 18.0. The van der Waals surface area contributed by atoms with Gasteiger partial charge in [-0.2, -0.15) is 0 Å². The molecule has 0 radical (unpaired) electrons. The number of Topliss-reactive ketones (excluding diaryl/α,β-unsaturated/α-hetero) is 1. The summed E-state index contributed by atoms with van der Waals surface area (Å²) in [5.74, 6) is 1.44. The van der Waals surface area contributed by atoms with Gasteiger partial charge >= 0.3 is 0 Å². The molecule has 0 unspecified atom stereocenters. The van der Waals surface area contributed by atoms with Crippen LogP contribution in [-0.2, 0) is 7.05 Å². The molecule has 82 valence electrons. The van der Waals surface area contributed by atoms with Gasteiger partial charge < -0.3 is 4.57 Å². The highest BCUT2D eigenvalue weighted by atomic mass is 16.1. The van der Waals surface area contributed by atoms with Crippen molar-refractivity contribution in [2.24, 2.45) is 13.0 Å². The molecule has 1 aromatic rings. The number of nitrogens with zero attached hydrogens (tertiary/aromatic N) is 2. The van der Waals surface area contributed by atoms with Crippen molar-refractivity contribution in [1.29, 1.82) is 0 Å². The fourth-order valence-corrected chi connectivity index (χ4v) is 2.30. The Labute approximate surface area is 90.5 Å². The standard InChI is InChI=1S/C12H18N2O/c1-9-13-8-11(14(9)2)12(15)10-6-4-3-5-7-10/h8,10H,3-7H2,1-2H3. The number of carbonyl (C=O) groups excluding carboxylic acids is 1. The Balaban J connectivity index is 2.16. The fourth-order valence-electron chi connectivity index (χ4n) is 2.30. The Morgan fingerprint density at radius 1 is 1.40 bits per heavy atom. The molecule has 1 fully saturated rings. The van der Waals surface area contributed by atoms with Gasteiger partial charge in [-0.3, -0.25) is 4.79 Å². The first-order valence-corrected chi connectivity index (χ1v) is 5.72. The van der Waals surface area contributed by atoms with Crippen molar-refractivity contribution in [3.05, 3.63) is 17.7 Å². The molecule has 0 aromatic carbocycles. The average Bonchev–Trinajstić information content (AvgIpc) is 2.60. The molecule has 0 spiro atoms. The lowest BCUT2D eigenvalue weighted by Crippen LogP contribution is -2.20. The summed E-state index contributed by atoms with van der Waals surface area (Å²) in [7, 11) is 1.92. The molecular weight excluding hydrogens is 188 g/mol. The second-order valence-corrected chi connectivity index (χ2v) is 4.45. The molecular formula is C12H18N2O. The van der Waals surface area contributed by atoms with E-state index in [0.717, 1.165) is 24.4 Å². The molecule has 3 nitrogen and oxygen atoms in total. The van der Waals surface area contributed by atoms with Crippen LogP contribution in [0.3, 0.4) is 0 Å². The van der Waals surface area contributed by atoms with E-state index in [1.54, 1.807) is 6.20 Å². The van der Waals surface area contributed by atoms with Crippen LogP contribution in [0.5, 0.6) is 0 Å². The Bertz CT molecular complexity index is 362. The number of rotatable bonds is 2. The zero-order valence-electron chi connectivity index (χ0n) is 9.49. The molecule has 15 heavy (non-hydrogen) atoms. The molecule has 1 saturated carbocycles. The van der Waals surface area contributed by atoms with Crippen molar-refractivity contribution in [2.45, 2.75) is 39.0 Å². The van der Waals surface area contributed by atoms with Crippen LogP contribution in [0.4, 0.5) is 0 Å². The van der Waals surface area contributed by atoms with Gasteiger partial charge in [0.2, 0.25) is 0 Å². The van der Waals surface area contributed by atoms with Crippen molar-refractivity contribution >= 4 is 5.78 Å². The summed E-state index contributed by atoms with van der Waals surface area (Å²) in [6, 6.07) is 0. The summed E-state index contributed by atoms with van der Waals surface area (Å²) >= 11 is 0. The van der Waals surface area contributed by atoms with E-state index in [1.165, 1.54) is 19.3 Å². The summed E-state index contributed by atoms with van der Waals surface area (Å²) in [5, 5.41) is 0. The third-order valence-corrected chi connectivity index (χ3v) is 3.45. The molecule has 0 bridgehead atoms. The molecule has 3 heteroatoms. The number of ketones is 1. The first-order chi connectivity index (χ1) is 7.20. The molecule has 0 saturated heterocycles. The number of aromatic nitrogens is 2. The SMILES string of the molecule is Cc1ncc(C(=O)C2CCCCC2)n1C. The quantitative estimate of drug-likeness (QED) is 0.697. The minimum atomic E-state index is 0.244. The van der Waals surface area contributed by atoms with Crippen LogP contribution in [-0.4, -0.2) is 15.3 Å². The van der Waals surface area contributed by atoms with Crippen LogP contribution < -0.4 is 0 Å². The maximum absolute atomic E-state index is 12.2. The van der Waals surface area contributed by atoms with Gasteiger partial charge in [-0.25, -0.2) is 4.98 Å². The van der Waals surface area contributed by atoms with E-state index in [2.05, 4.69) is 4.98 Å². The monoisotopic (exact) mass is 206 g/mol. The Morgan fingerprint density at radius 2 is 2.07 bits per heavy atom. The summed E-state index contributed by atoms with van der Waals surface area (Å²) in [5.41, 5.74) is 0.777. The largest absolute Gasteiger partial charge is 0.329 e. The molecule has 1 aliphatic rings. The number of hydrogen-bond donors (Lipinski definition) is 0. The molecule has 1 heterocycles. The van der Waals surface area contributed by atoms with Crippen molar-refractivity contribution in [1.82, 2.24) is 9.55 Å². The molecule has 2 rings (SSSR count). The van der Waals surface area contributed by atoms with Crippen LogP contribution in [0, 0.1) is 12.8 Å². The van der Waals surface area contributed by atoms with Crippen molar-refractivity contribution in [3.8, 4) is 0 Å². The maximum atomic E-state index is 12.2. The molecule has 0 aliphatic heterocycles. The first kappa shape index (κ1) is 10.4.